The van der Waals surface area contributed by atoms with Crippen molar-refractivity contribution in [1.29, 1.82) is 0 Å². The number of esters is 2. The predicted molar refractivity (Wildman–Crippen MR) is 89.8 cm³/mol. The zero-order chi connectivity index (χ0) is 18.6. The van der Waals surface area contributed by atoms with E-state index in [-0.39, 0.29) is 16.4 Å². The van der Waals surface area contributed by atoms with Gasteiger partial charge < -0.3 is 19.8 Å². The highest BCUT2D eigenvalue weighted by molar-refractivity contribution is 6.32. The highest BCUT2D eigenvalue weighted by Gasteiger charge is 2.23. The molecule has 0 spiro atoms. The first-order valence-electron chi connectivity index (χ1n) is 7.20. The zero-order valence-corrected chi connectivity index (χ0v) is 14.6. The monoisotopic (exact) mass is 365 g/mol. The minimum absolute atomic E-state index is 0.0881. The van der Waals surface area contributed by atoms with Gasteiger partial charge in [0.2, 0.25) is 0 Å². The number of carbonyl (C=O) groups excluding carboxylic acids is 3. The van der Waals surface area contributed by atoms with E-state index in [9.17, 15) is 14.4 Å². The van der Waals surface area contributed by atoms with E-state index in [4.69, 9.17) is 16.3 Å². The van der Waals surface area contributed by atoms with Gasteiger partial charge in [0.15, 0.2) is 11.8 Å². The topological polar surface area (TPSA) is 110 Å². The van der Waals surface area contributed by atoms with Crippen LogP contribution in [0.3, 0.4) is 0 Å². The van der Waals surface area contributed by atoms with E-state index >= 15 is 0 Å². The molecular weight excluding hydrogens is 350 g/mol. The van der Waals surface area contributed by atoms with E-state index in [0.717, 1.165) is 0 Å². The maximum atomic E-state index is 12.1. The Hall–Kier alpha value is -2.87. The predicted octanol–water partition coefficient (Wildman–Crippen LogP) is 2.26. The number of hydrogen-bond donors (Lipinski definition) is 2. The lowest BCUT2D eigenvalue weighted by Crippen LogP contribution is -2.21. The molecule has 0 atom stereocenters. The fourth-order valence-electron chi connectivity index (χ4n) is 2.23. The molecule has 2 N–H and O–H groups in total. The van der Waals surface area contributed by atoms with Gasteiger partial charge in [-0.2, -0.15) is 0 Å². The van der Waals surface area contributed by atoms with Crippen molar-refractivity contribution in [2.24, 2.45) is 0 Å². The molecule has 2 aromatic rings. The number of nitrogens with one attached hydrogen (secondary N) is 2. The number of anilines is 1. The third kappa shape index (κ3) is 4.16. The Morgan fingerprint density at radius 1 is 1.28 bits per heavy atom. The van der Waals surface area contributed by atoms with Crippen LogP contribution in [0.25, 0.3) is 0 Å². The van der Waals surface area contributed by atoms with Crippen molar-refractivity contribution in [2.75, 3.05) is 19.0 Å². The first-order chi connectivity index (χ1) is 11.8. The second-order valence-electron chi connectivity index (χ2n) is 5.08. The molecule has 0 aliphatic carbocycles. The molecule has 0 aliphatic heterocycles. The number of hydrogen-bond acceptors (Lipinski definition) is 6. The van der Waals surface area contributed by atoms with Crippen molar-refractivity contribution in [3.8, 4) is 0 Å². The van der Waals surface area contributed by atoms with Crippen molar-refractivity contribution in [3.63, 3.8) is 0 Å². The SMILES string of the molecule is COC(=O)c1c(C)[nH]c(C(=O)OCC(=O)Nc2cccnc2Cl)c1C. The third-order valence-electron chi connectivity index (χ3n) is 3.40. The minimum atomic E-state index is -0.761. The van der Waals surface area contributed by atoms with E-state index in [1.165, 1.54) is 13.3 Å². The number of carbonyl (C=O) groups is 3. The summed E-state index contributed by atoms with van der Waals surface area (Å²) in [5, 5.41) is 2.61. The van der Waals surface area contributed by atoms with Gasteiger partial charge in [0, 0.05) is 11.9 Å². The standard InChI is InChI=1S/C16H16ClN3O5/c1-8-12(15(22)24-3)9(2)19-13(8)16(23)25-7-11(21)20-10-5-4-6-18-14(10)17/h4-6,19H,7H2,1-3H3,(H,20,21). The molecule has 132 valence electrons. The Balaban J connectivity index is 2.02. The van der Waals surface area contributed by atoms with Crippen LogP contribution in [0.2, 0.25) is 5.15 Å². The second-order valence-corrected chi connectivity index (χ2v) is 5.44. The molecular formula is C16H16ClN3O5. The molecule has 9 heteroatoms. The van der Waals surface area contributed by atoms with E-state index in [1.807, 2.05) is 0 Å². The number of methoxy groups -OCH3 is 1. The lowest BCUT2D eigenvalue weighted by molar-refractivity contribution is -0.119. The summed E-state index contributed by atoms with van der Waals surface area (Å²) >= 11 is 5.83. The van der Waals surface area contributed by atoms with Gasteiger partial charge in [0.25, 0.3) is 5.91 Å². The van der Waals surface area contributed by atoms with Gasteiger partial charge in [-0.3, -0.25) is 4.79 Å². The average molecular weight is 366 g/mol. The minimum Gasteiger partial charge on any atom is -0.465 e. The molecule has 8 nitrogen and oxygen atoms in total. The molecule has 0 aromatic carbocycles. The maximum absolute atomic E-state index is 12.1. The summed E-state index contributed by atoms with van der Waals surface area (Å²) in [4.78, 5) is 42.3. The maximum Gasteiger partial charge on any atom is 0.355 e. The van der Waals surface area contributed by atoms with Gasteiger partial charge in [-0.05, 0) is 31.5 Å². The fourth-order valence-corrected chi connectivity index (χ4v) is 2.40. The number of H-pyrrole nitrogens is 1. The number of amides is 1. The van der Waals surface area contributed by atoms with Crippen LogP contribution in [0, 0.1) is 13.8 Å². The van der Waals surface area contributed by atoms with Crippen LogP contribution in [-0.4, -0.2) is 41.5 Å². The Morgan fingerprint density at radius 2 is 2.00 bits per heavy atom. The van der Waals surface area contributed by atoms with Crippen LogP contribution in [0.5, 0.6) is 0 Å². The van der Waals surface area contributed by atoms with Crippen molar-refractivity contribution < 1.29 is 23.9 Å². The van der Waals surface area contributed by atoms with Crippen LogP contribution < -0.4 is 5.32 Å². The van der Waals surface area contributed by atoms with Crippen LogP contribution in [0.15, 0.2) is 18.3 Å². The fraction of sp³-hybridized carbons (Fsp3) is 0.250. The molecule has 0 bridgehead atoms. The Morgan fingerprint density at radius 3 is 2.64 bits per heavy atom. The van der Waals surface area contributed by atoms with Gasteiger partial charge in [-0.1, -0.05) is 11.6 Å². The van der Waals surface area contributed by atoms with Crippen molar-refractivity contribution >= 4 is 35.1 Å². The molecule has 25 heavy (non-hydrogen) atoms. The molecule has 0 radical (unpaired) electrons. The van der Waals surface area contributed by atoms with Gasteiger partial charge in [-0.15, -0.1) is 0 Å². The summed E-state index contributed by atoms with van der Waals surface area (Å²) in [6, 6.07) is 3.17. The van der Waals surface area contributed by atoms with E-state index in [0.29, 0.717) is 16.9 Å². The van der Waals surface area contributed by atoms with Crippen molar-refractivity contribution in [3.05, 3.63) is 46.0 Å². The van der Waals surface area contributed by atoms with E-state index in [1.54, 1.807) is 26.0 Å². The summed E-state index contributed by atoms with van der Waals surface area (Å²) in [6.45, 7) is 2.70. The summed E-state index contributed by atoms with van der Waals surface area (Å²) < 4.78 is 9.64. The molecule has 0 aliphatic rings. The summed E-state index contributed by atoms with van der Waals surface area (Å²) in [5.74, 6) is -1.89. The van der Waals surface area contributed by atoms with Crippen LogP contribution in [0.4, 0.5) is 5.69 Å². The van der Waals surface area contributed by atoms with Crippen molar-refractivity contribution in [1.82, 2.24) is 9.97 Å². The summed E-state index contributed by atoms with van der Waals surface area (Å²) in [5.41, 5.74) is 1.53. The number of rotatable bonds is 5. The zero-order valence-electron chi connectivity index (χ0n) is 13.8. The van der Waals surface area contributed by atoms with Gasteiger partial charge in [-0.25, -0.2) is 14.6 Å². The molecule has 1 amide bonds. The Labute approximate surface area is 148 Å². The lowest BCUT2D eigenvalue weighted by Gasteiger charge is -2.07. The summed E-state index contributed by atoms with van der Waals surface area (Å²) in [7, 11) is 1.25. The van der Waals surface area contributed by atoms with E-state index < -0.39 is 24.5 Å². The third-order valence-corrected chi connectivity index (χ3v) is 3.70. The number of aromatic amines is 1. The molecule has 0 fully saturated rings. The Kier molecular flexibility index (Phi) is 5.76. The number of aromatic nitrogens is 2. The lowest BCUT2D eigenvalue weighted by atomic mass is 10.1. The largest absolute Gasteiger partial charge is 0.465 e. The molecule has 0 saturated heterocycles. The molecule has 2 rings (SSSR count). The van der Waals surface area contributed by atoms with Crippen LogP contribution in [-0.2, 0) is 14.3 Å². The normalized spacial score (nSPS) is 10.2. The number of aryl methyl sites for hydroxylation is 1. The van der Waals surface area contributed by atoms with Gasteiger partial charge >= 0.3 is 11.9 Å². The molecule has 0 unspecified atom stereocenters. The number of pyridine rings is 1. The molecule has 2 aromatic heterocycles. The number of ether oxygens (including phenoxy) is 2. The molecule has 2 heterocycles. The smallest absolute Gasteiger partial charge is 0.355 e. The highest BCUT2D eigenvalue weighted by atomic mass is 35.5. The van der Waals surface area contributed by atoms with Crippen LogP contribution in [0.1, 0.15) is 32.1 Å². The summed E-state index contributed by atoms with van der Waals surface area (Å²) in [6.07, 6.45) is 1.48. The quantitative estimate of drug-likeness (QED) is 0.621. The second kappa shape index (κ2) is 7.80. The Bertz CT molecular complexity index is 831. The van der Waals surface area contributed by atoms with Crippen molar-refractivity contribution in [2.45, 2.75) is 13.8 Å². The number of halogens is 1. The first kappa shape index (κ1) is 18.5. The molecule has 0 saturated carbocycles. The first-order valence-corrected chi connectivity index (χ1v) is 7.58. The highest BCUT2D eigenvalue weighted by Crippen LogP contribution is 2.20. The number of nitrogens with zero attached hydrogens (tertiary/aromatic N) is 1. The van der Waals surface area contributed by atoms with Crippen LogP contribution >= 0.6 is 11.6 Å². The van der Waals surface area contributed by atoms with Gasteiger partial charge in [0.1, 0.15) is 5.69 Å². The van der Waals surface area contributed by atoms with Gasteiger partial charge in [0.05, 0.1) is 18.4 Å². The van der Waals surface area contributed by atoms with E-state index in [2.05, 4.69) is 20.0 Å². The average Bonchev–Trinajstić information content (AvgIpc) is 2.88.